The number of aryl methyl sites for hydroxylation is 2. The van der Waals surface area contributed by atoms with E-state index in [2.05, 4.69) is 4.98 Å². The Labute approximate surface area is 181 Å². The Morgan fingerprint density at radius 3 is 2.30 bits per heavy atom. The van der Waals surface area contributed by atoms with Gasteiger partial charge >= 0.3 is 0 Å². The summed E-state index contributed by atoms with van der Waals surface area (Å²) in [7, 11) is 7.74. The molecule has 1 atom stereocenters. The summed E-state index contributed by atoms with van der Waals surface area (Å²) >= 11 is 1.28. The molecule has 30 heavy (non-hydrogen) atoms. The van der Waals surface area contributed by atoms with Crippen molar-refractivity contribution in [3.63, 3.8) is 0 Å². The summed E-state index contributed by atoms with van der Waals surface area (Å²) in [6, 6.07) is 7.08. The number of hydrogen-bond acceptors (Lipinski definition) is 7. The quantitative estimate of drug-likeness (QED) is 0.684. The molecule has 3 rings (SSSR count). The number of aliphatic hydroxyl groups is 1. The third kappa shape index (κ3) is 4.11. The molecular weight excluding hydrogens is 400 g/mol. The van der Waals surface area contributed by atoms with Gasteiger partial charge in [-0.15, -0.1) is 11.3 Å². The van der Waals surface area contributed by atoms with Crippen molar-refractivity contribution >= 4 is 28.7 Å². The predicted molar refractivity (Wildman–Crippen MR) is 119 cm³/mol. The molecule has 1 N–H and O–H groups in total. The topological polar surface area (TPSA) is 77.0 Å². The van der Waals surface area contributed by atoms with Crippen LogP contribution in [0.4, 0.5) is 5.69 Å². The maximum Gasteiger partial charge on any atom is 0.290 e. The van der Waals surface area contributed by atoms with Crippen LogP contribution < -0.4 is 4.90 Å². The van der Waals surface area contributed by atoms with Crippen LogP contribution in [0.25, 0.3) is 0 Å². The monoisotopic (exact) mass is 428 g/mol. The Balaban J connectivity index is 2.08. The van der Waals surface area contributed by atoms with Gasteiger partial charge in [0.15, 0.2) is 5.76 Å². The SMILES string of the molecule is Cc1nc(C)c(C(=O)C2=C(O)C(=O)N(CCN(C)C)C2c2ccc(N(C)C)cc2)s1. The molecule has 1 amide bonds. The van der Waals surface area contributed by atoms with Crippen molar-refractivity contribution in [3.8, 4) is 0 Å². The minimum absolute atomic E-state index is 0.128. The number of carbonyl (C=O) groups is 2. The van der Waals surface area contributed by atoms with Crippen LogP contribution in [-0.4, -0.2) is 72.9 Å². The van der Waals surface area contributed by atoms with E-state index in [9.17, 15) is 14.7 Å². The standard InChI is InChI=1S/C22H28N4O3S/c1-13-21(30-14(2)23-13)19(27)17-18(15-7-9-16(10-8-15)25(5)6)26(12-11-24(3)4)22(29)20(17)28/h7-10,18,28H,11-12H2,1-6H3. The number of aromatic nitrogens is 1. The molecule has 0 fully saturated rings. The molecule has 1 aliphatic rings. The summed E-state index contributed by atoms with van der Waals surface area (Å²) in [4.78, 5) is 36.7. The highest BCUT2D eigenvalue weighted by Gasteiger charge is 2.44. The number of likely N-dealkylation sites (N-methyl/N-ethyl adjacent to an activating group) is 1. The van der Waals surface area contributed by atoms with Crippen molar-refractivity contribution in [2.45, 2.75) is 19.9 Å². The first-order valence-corrected chi connectivity index (χ1v) is 10.6. The molecule has 1 aromatic carbocycles. The molecule has 2 aromatic rings. The summed E-state index contributed by atoms with van der Waals surface area (Å²) in [6.07, 6.45) is 0. The Kier molecular flexibility index (Phi) is 6.28. The summed E-state index contributed by atoms with van der Waals surface area (Å²) in [5, 5.41) is 11.5. The largest absolute Gasteiger partial charge is 0.503 e. The molecule has 0 radical (unpaired) electrons. The number of carbonyl (C=O) groups excluding carboxylic acids is 2. The lowest BCUT2D eigenvalue weighted by Gasteiger charge is -2.28. The highest BCUT2D eigenvalue weighted by atomic mass is 32.1. The van der Waals surface area contributed by atoms with Gasteiger partial charge in [0, 0.05) is 32.9 Å². The van der Waals surface area contributed by atoms with Gasteiger partial charge < -0.3 is 19.8 Å². The van der Waals surface area contributed by atoms with E-state index >= 15 is 0 Å². The van der Waals surface area contributed by atoms with Gasteiger partial charge in [-0.1, -0.05) is 12.1 Å². The van der Waals surface area contributed by atoms with E-state index in [1.54, 1.807) is 11.8 Å². The van der Waals surface area contributed by atoms with Gasteiger partial charge in [0.1, 0.15) is 0 Å². The fraction of sp³-hybridized carbons (Fsp3) is 0.409. The van der Waals surface area contributed by atoms with Gasteiger partial charge in [-0.05, 0) is 45.6 Å². The Hall–Kier alpha value is -2.71. The summed E-state index contributed by atoms with van der Waals surface area (Å²) in [5.74, 6) is -1.32. The maximum atomic E-state index is 13.4. The zero-order chi connectivity index (χ0) is 22.2. The fourth-order valence-electron chi connectivity index (χ4n) is 3.59. The van der Waals surface area contributed by atoms with Crippen LogP contribution in [-0.2, 0) is 4.79 Å². The lowest BCUT2D eigenvalue weighted by molar-refractivity contribution is -0.129. The van der Waals surface area contributed by atoms with Crippen LogP contribution in [0, 0.1) is 13.8 Å². The van der Waals surface area contributed by atoms with Gasteiger partial charge in [-0.25, -0.2) is 4.98 Å². The van der Waals surface area contributed by atoms with Crippen LogP contribution >= 0.6 is 11.3 Å². The minimum atomic E-state index is -0.636. The lowest BCUT2D eigenvalue weighted by atomic mass is 9.95. The number of thiazole rings is 1. The highest BCUT2D eigenvalue weighted by molar-refractivity contribution is 7.14. The number of amides is 1. The summed E-state index contributed by atoms with van der Waals surface area (Å²) < 4.78 is 0. The van der Waals surface area contributed by atoms with Crippen LogP contribution in [0.15, 0.2) is 35.6 Å². The first kappa shape index (κ1) is 22.0. The van der Waals surface area contributed by atoms with Crippen LogP contribution in [0.2, 0.25) is 0 Å². The molecule has 0 saturated heterocycles. The van der Waals surface area contributed by atoms with Crippen molar-refractivity contribution in [1.29, 1.82) is 0 Å². The van der Waals surface area contributed by atoms with Crippen LogP contribution in [0.3, 0.4) is 0 Å². The number of Topliss-reactive ketones (excluding diaryl/α,β-unsaturated/α-hetero) is 1. The van der Waals surface area contributed by atoms with E-state index in [-0.39, 0.29) is 11.4 Å². The van der Waals surface area contributed by atoms with Crippen molar-refractivity contribution in [3.05, 3.63) is 56.7 Å². The van der Waals surface area contributed by atoms with Crippen LogP contribution in [0.5, 0.6) is 0 Å². The second-order valence-electron chi connectivity index (χ2n) is 7.93. The summed E-state index contributed by atoms with van der Waals surface area (Å²) in [5.41, 5.74) is 2.55. The van der Waals surface area contributed by atoms with Gasteiger partial charge in [0.2, 0.25) is 5.78 Å². The molecule has 0 bridgehead atoms. The van der Waals surface area contributed by atoms with E-state index in [1.165, 1.54) is 11.3 Å². The molecule has 160 valence electrons. The average molecular weight is 429 g/mol. The first-order valence-electron chi connectivity index (χ1n) is 9.76. The van der Waals surface area contributed by atoms with E-state index in [4.69, 9.17) is 0 Å². The van der Waals surface area contributed by atoms with Gasteiger partial charge in [0.25, 0.3) is 5.91 Å². The number of nitrogens with zero attached hydrogens (tertiary/aromatic N) is 4. The van der Waals surface area contributed by atoms with Crippen molar-refractivity contribution in [1.82, 2.24) is 14.8 Å². The number of ketones is 1. The Bertz CT molecular complexity index is 992. The molecular formula is C22H28N4O3S. The molecule has 1 unspecified atom stereocenters. The molecule has 1 aromatic heterocycles. The number of benzene rings is 1. The number of aliphatic hydroxyl groups excluding tert-OH is 1. The van der Waals surface area contributed by atoms with E-state index in [0.29, 0.717) is 23.7 Å². The second-order valence-corrected chi connectivity index (χ2v) is 9.13. The average Bonchev–Trinajstić information content (AvgIpc) is 3.15. The fourth-order valence-corrected chi connectivity index (χ4v) is 4.46. The van der Waals surface area contributed by atoms with Gasteiger partial charge in [-0.2, -0.15) is 0 Å². The van der Waals surface area contributed by atoms with Crippen molar-refractivity contribution in [2.75, 3.05) is 46.2 Å². The Morgan fingerprint density at radius 2 is 1.80 bits per heavy atom. The van der Waals surface area contributed by atoms with Crippen molar-refractivity contribution < 1.29 is 14.7 Å². The number of anilines is 1. The zero-order valence-corrected chi connectivity index (χ0v) is 19.1. The Morgan fingerprint density at radius 1 is 1.17 bits per heavy atom. The molecule has 7 nitrogen and oxygen atoms in total. The lowest BCUT2D eigenvalue weighted by Crippen LogP contribution is -2.36. The third-order valence-corrected chi connectivity index (χ3v) is 6.24. The zero-order valence-electron chi connectivity index (χ0n) is 18.3. The van der Waals surface area contributed by atoms with E-state index in [0.717, 1.165) is 16.3 Å². The maximum absolute atomic E-state index is 13.4. The second kappa shape index (κ2) is 8.57. The van der Waals surface area contributed by atoms with Gasteiger partial charge in [0.05, 0.1) is 27.2 Å². The minimum Gasteiger partial charge on any atom is -0.503 e. The molecule has 0 aliphatic carbocycles. The molecule has 8 heteroatoms. The van der Waals surface area contributed by atoms with Gasteiger partial charge in [-0.3, -0.25) is 9.59 Å². The van der Waals surface area contributed by atoms with E-state index < -0.39 is 17.7 Å². The molecule has 0 saturated carbocycles. The first-order chi connectivity index (χ1) is 14.1. The van der Waals surface area contributed by atoms with Crippen molar-refractivity contribution in [2.24, 2.45) is 0 Å². The normalized spacial score (nSPS) is 16.7. The summed E-state index contributed by atoms with van der Waals surface area (Å²) in [6.45, 7) is 4.62. The third-order valence-electron chi connectivity index (χ3n) is 5.17. The number of hydrogen-bond donors (Lipinski definition) is 1. The smallest absolute Gasteiger partial charge is 0.290 e. The molecule has 1 aliphatic heterocycles. The molecule has 2 heterocycles. The van der Waals surface area contributed by atoms with E-state index in [1.807, 2.05) is 69.2 Å². The number of rotatable bonds is 7. The molecule has 0 spiro atoms. The predicted octanol–water partition coefficient (Wildman–Crippen LogP) is 2.97. The van der Waals surface area contributed by atoms with Crippen LogP contribution in [0.1, 0.15) is 32.0 Å². The highest BCUT2D eigenvalue weighted by Crippen LogP contribution is 2.40.